The molecule has 20 heavy (non-hydrogen) atoms. The van der Waals surface area contributed by atoms with E-state index < -0.39 is 10.0 Å². The average molecular weight is 319 g/mol. The molecule has 0 heterocycles. The Morgan fingerprint density at radius 3 is 2.65 bits per heavy atom. The minimum Gasteiger partial charge on any atom is -0.320 e. The maximum Gasteiger partial charge on any atom is 0.214 e. The van der Waals surface area contributed by atoms with Crippen LogP contribution in [-0.4, -0.2) is 39.1 Å². The van der Waals surface area contributed by atoms with Gasteiger partial charge >= 0.3 is 0 Å². The molecule has 0 spiro atoms. The molecule has 1 N–H and O–H groups in total. The number of hydrogen-bond acceptors (Lipinski definition) is 3. The Labute approximate surface area is 127 Å². The molecule has 0 aliphatic heterocycles. The van der Waals surface area contributed by atoms with Gasteiger partial charge in [0.2, 0.25) is 10.0 Å². The van der Waals surface area contributed by atoms with E-state index in [1.807, 2.05) is 26.1 Å². The highest BCUT2D eigenvalue weighted by Crippen LogP contribution is 2.24. The fraction of sp³-hybridized carbons (Fsp3) is 0.571. The van der Waals surface area contributed by atoms with Crippen molar-refractivity contribution in [1.82, 2.24) is 9.62 Å². The van der Waals surface area contributed by atoms with E-state index in [1.54, 1.807) is 19.2 Å². The second-order valence-corrected chi connectivity index (χ2v) is 7.46. The number of sulfonamides is 1. The number of halogens is 1. The van der Waals surface area contributed by atoms with E-state index in [0.717, 1.165) is 18.5 Å². The molecule has 0 radical (unpaired) electrons. The molecule has 0 saturated carbocycles. The third-order valence-electron chi connectivity index (χ3n) is 3.39. The Bertz CT molecular complexity index is 520. The molecule has 0 bridgehead atoms. The molecule has 1 aromatic rings. The van der Waals surface area contributed by atoms with Crippen LogP contribution < -0.4 is 5.32 Å². The van der Waals surface area contributed by atoms with Gasteiger partial charge in [-0.3, -0.25) is 0 Å². The van der Waals surface area contributed by atoms with Gasteiger partial charge in [0, 0.05) is 18.1 Å². The summed E-state index contributed by atoms with van der Waals surface area (Å²) in [6.07, 6.45) is 1.52. The van der Waals surface area contributed by atoms with Gasteiger partial charge in [-0.25, -0.2) is 8.42 Å². The van der Waals surface area contributed by atoms with Crippen LogP contribution >= 0.6 is 11.6 Å². The zero-order valence-electron chi connectivity index (χ0n) is 12.3. The summed E-state index contributed by atoms with van der Waals surface area (Å²) in [6.45, 7) is 2.71. The topological polar surface area (TPSA) is 49.4 Å². The summed E-state index contributed by atoms with van der Waals surface area (Å²) < 4.78 is 26.0. The van der Waals surface area contributed by atoms with Crippen molar-refractivity contribution in [2.45, 2.75) is 25.8 Å². The predicted molar refractivity (Wildman–Crippen MR) is 84.6 cm³/mol. The molecule has 4 nitrogen and oxygen atoms in total. The third-order valence-corrected chi connectivity index (χ3v) is 5.63. The van der Waals surface area contributed by atoms with Gasteiger partial charge in [0.15, 0.2) is 0 Å². The Balaban J connectivity index is 2.69. The SMILES string of the molecule is CNCCCCS(=O)(=O)N(C)C(C)c1cccc(Cl)c1. The van der Waals surface area contributed by atoms with E-state index >= 15 is 0 Å². The second-order valence-electron chi connectivity index (χ2n) is 4.87. The maximum absolute atomic E-state index is 12.3. The van der Waals surface area contributed by atoms with Crippen molar-refractivity contribution in [3.8, 4) is 0 Å². The number of unbranched alkanes of at least 4 members (excludes halogenated alkanes) is 1. The zero-order chi connectivity index (χ0) is 15.2. The van der Waals surface area contributed by atoms with E-state index in [1.165, 1.54) is 4.31 Å². The zero-order valence-corrected chi connectivity index (χ0v) is 13.8. The monoisotopic (exact) mass is 318 g/mol. The normalized spacial score (nSPS) is 13.7. The Morgan fingerprint density at radius 2 is 2.05 bits per heavy atom. The van der Waals surface area contributed by atoms with Crippen molar-refractivity contribution in [3.63, 3.8) is 0 Å². The van der Waals surface area contributed by atoms with Gasteiger partial charge in [0.05, 0.1) is 5.75 Å². The van der Waals surface area contributed by atoms with E-state index in [0.29, 0.717) is 11.4 Å². The van der Waals surface area contributed by atoms with Crippen LogP contribution in [0.15, 0.2) is 24.3 Å². The first-order valence-electron chi connectivity index (χ1n) is 6.74. The molecule has 1 unspecified atom stereocenters. The molecule has 114 valence electrons. The largest absolute Gasteiger partial charge is 0.320 e. The van der Waals surface area contributed by atoms with Crippen LogP contribution in [0.25, 0.3) is 0 Å². The number of nitrogens with zero attached hydrogens (tertiary/aromatic N) is 1. The molecule has 0 fully saturated rings. The molecule has 0 amide bonds. The van der Waals surface area contributed by atoms with Crippen LogP contribution in [0.4, 0.5) is 0 Å². The highest BCUT2D eigenvalue weighted by atomic mass is 35.5. The number of nitrogens with one attached hydrogen (secondary N) is 1. The molecule has 0 saturated heterocycles. The van der Waals surface area contributed by atoms with Gasteiger partial charge in [0.1, 0.15) is 0 Å². The predicted octanol–water partition coefficient (Wildman–Crippen LogP) is 2.66. The van der Waals surface area contributed by atoms with Crippen molar-refractivity contribution in [2.24, 2.45) is 0 Å². The number of benzene rings is 1. The van der Waals surface area contributed by atoms with Crippen molar-refractivity contribution < 1.29 is 8.42 Å². The van der Waals surface area contributed by atoms with Crippen molar-refractivity contribution in [1.29, 1.82) is 0 Å². The fourth-order valence-electron chi connectivity index (χ4n) is 1.95. The summed E-state index contributed by atoms with van der Waals surface area (Å²) in [6, 6.07) is 7.09. The molecule has 1 aromatic carbocycles. The van der Waals surface area contributed by atoms with Gasteiger partial charge in [0.25, 0.3) is 0 Å². The van der Waals surface area contributed by atoms with Gasteiger partial charge in [-0.1, -0.05) is 23.7 Å². The maximum atomic E-state index is 12.3. The quantitative estimate of drug-likeness (QED) is 0.750. The molecular formula is C14H23ClN2O2S. The standard InChI is InChI=1S/C14H23ClN2O2S/c1-12(13-7-6-8-14(15)11-13)17(3)20(18,19)10-5-4-9-16-2/h6-8,11-12,16H,4-5,9-10H2,1-3H3. The van der Waals surface area contributed by atoms with Crippen LogP contribution in [0.2, 0.25) is 5.02 Å². The van der Waals surface area contributed by atoms with Gasteiger partial charge < -0.3 is 5.32 Å². The molecule has 6 heteroatoms. The van der Waals surface area contributed by atoms with Crippen molar-refractivity contribution in [3.05, 3.63) is 34.9 Å². The molecule has 0 aliphatic rings. The first-order valence-corrected chi connectivity index (χ1v) is 8.73. The van der Waals surface area contributed by atoms with E-state index in [9.17, 15) is 8.42 Å². The van der Waals surface area contributed by atoms with Crippen LogP contribution in [0.5, 0.6) is 0 Å². The Kier molecular flexibility index (Phi) is 6.95. The summed E-state index contributed by atoms with van der Waals surface area (Å²) in [5.74, 6) is 0.177. The number of rotatable bonds is 8. The summed E-state index contributed by atoms with van der Waals surface area (Å²) in [7, 11) is 0.248. The first kappa shape index (κ1) is 17.4. The van der Waals surface area contributed by atoms with E-state index in [2.05, 4.69) is 5.32 Å². The minimum atomic E-state index is -3.24. The second kappa shape index (κ2) is 7.98. The van der Waals surface area contributed by atoms with Crippen LogP contribution in [0.3, 0.4) is 0 Å². The lowest BCUT2D eigenvalue weighted by atomic mass is 10.1. The first-order chi connectivity index (χ1) is 9.38. The van der Waals surface area contributed by atoms with Gasteiger partial charge in [-0.15, -0.1) is 0 Å². The average Bonchev–Trinajstić information content (AvgIpc) is 2.42. The molecule has 1 atom stereocenters. The lowest BCUT2D eigenvalue weighted by Gasteiger charge is -2.24. The highest BCUT2D eigenvalue weighted by molar-refractivity contribution is 7.89. The lowest BCUT2D eigenvalue weighted by molar-refractivity contribution is 0.397. The Hall–Kier alpha value is -0.620. The van der Waals surface area contributed by atoms with Crippen molar-refractivity contribution >= 4 is 21.6 Å². The molecule has 0 aliphatic carbocycles. The van der Waals surface area contributed by atoms with E-state index in [4.69, 9.17) is 11.6 Å². The summed E-state index contributed by atoms with van der Waals surface area (Å²) in [5.41, 5.74) is 0.902. The summed E-state index contributed by atoms with van der Waals surface area (Å²) in [5, 5.41) is 3.63. The molecule has 0 aromatic heterocycles. The van der Waals surface area contributed by atoms with Crippen LogP contribution in [-0.2, 0) is 10.0 Å². The van der Waals surface area contributed by atoms with E-state index in [-0.39, 0.29) is 11.8 Å². The van der Waals surface area contributed by atoms with Crippen molar-refractivity contribution in [2.75, 3.05) is 26.4 Å². The smallest absolute Gasteiger partial charge is 0.214 e. The third kappa shape index (κ3) is 5.05. The lowest BCUT2D eigenvalue weighted by Crippen LogP contribution is -2.32. The van der Waals surface area contributed by atoms with Crippen LogP contribution in [0, 0.1) is 0 Å². The summed E-state index contributed by atoms with van der Waals surface area (Å²) in [4.78, 5) is 0. The fourth-order valence-corrected chi connectivity index (χ4v) is 3.61. The summed E-state index contributed by atoms with van der Waals surface area (Å²) >= 11 is 5.95. The minimum absolute atomic E-state index is 0.177. The van der Waals surface area contributed by atoms with Gasteiger partial charge in [-0.2, -0.15) is 4.31 Å². The molecular weight excluding hydrogens is 296 g/mol. The molecule has 1 rings (SSSR count). The van der Waals surface area contributed by atoms with Gasteiger partial charge in [-0.05, 0) is 51.1 Å². The Morgan fingerprint density at radius 1 is 1.35 bits per heavy atom. The van der Waals surface area contributed by atoms with Crippen LogP contribution in [0.1, 0.15) is 31.4 Å². The number of hydrogen-bond donors (Lipinski definition) is 1. The highest BCUT2D eigenvalue weighted by Gasteiger charge is 2.23.